The summed E-state index contributed by atoms with van der Waals surface area (Å²) in [5.74, 6) is 0. The van der Waals surface area contributed by atoms with E-state index in [4.69, 9.17) is 13.3 Å². The highest BCUT2D eigenvalue weighted by Crippen LogP contribution is 2.17. The number of hydrogen-bond donors (Lipinski definition) is 0. The summed E-state index contributed by atoms with van der Waals surface area (Å²) in [6, 6.07) is 9.28. The molecule has 4 heteroatoms. The summed E-state index contributed by atoms with van der Waals surface area (Å²) in [4.78, 5) is 0. The van der Waals surface area contributed by atoms with Crippen LogP contribution in [0.3, 0.4) is 0 Å². The number of aryl methyl sites for hydroxylation is 2. The van der Waals surface area contributed by atoms with Crippen molar-refractivity contribution in [1.29, 1.82) is 0 Å². The van der Waals surface area contributed by atoms with Crippen LogP contribution in [0.1, 0.15) is 43.7 Å². The van der Waals surface area contributed by atoms with Gasteiger partial charge in [-0.25, -0.2) is 0 Å². The smallest absolute Gasteiger partial charge is 0.377 e. The zero-order valence-corrected chi connectivity index (χ0v) is 15.6. The van der Waals surface area contributed by atoms with Gasteiger partial charge in [-0.3, -0.25) is 0 Å². The van der Waals surface area contributed by atoms with E-state index in [0.29, 0.717) is 0 Å². The zero-order chi connectivity index (χ0) is 16.1. The van der Waals surface area contributed by atoms with Gasteiger partial charge in [-0.1, -0.05) is 50.5 Å². The molecule has 0 aliphatic carbocycles. The van der Waals surface area contributed by atoms with E-state index in [-0.39, 0.29) is 0 Å². The average Bonchev–Trinajstić information content (AvgIpc) is 2.52. The van der Waals surface area contributed by atoms with Gasteiger partial charge in [-0.15, -0.1) is 0 Å². The molecule has 0 saturated carbocycles. The molecule has 0 aliphatic heterocycles. The summed E-state index contributed by atoms with van der Waals surface area (Å²) in [6.07, 6.45) is 4.90. The van der Waals surface area contributed by atoms with Crippen molar-refractivity contribution in [3.8, 4) is 0 Å². The Kier molecular flexibility index (Phi) is 11.5. The lowest BCUT2D eigenvalue weighted by Crippen LogP contribution is -2.42. The summed E-state index contributed by atoms with van der Waals surface area (Å²) in [7, 11) is 2.73. The van der Waals surface area contributed by atoms with Crippen LogP contribution in [0.15, 0.2) is 24.3 Å². The molecule has 1 aromatic carbocycles. The molecule has 0 atom stereocenters. The van der Waals surface area contributed by atoms with Gasteiger partial charge < -0.3 is 13.3 Å². The van der Waals surface area contributed by atoms with E-state index in [2.05, 4.69) is 45.0 Å². The lowest BCUT2D eigenvalue weighted by atomic mass is 10.1. The van der Waals surface area contributed by atoms with Crippen molar-refractivity contribution >= 4 is 8.80 Å². The van der Waals surface area contributed by atoms with Crippen LogP contribution in [-0.2, 0) is 13.3 Å². The van der Waals surface area contributed by atoms with Gasteiger partial charge in [-0.2, -0.15) is 0 Å². The Bertz CT molecular complexity index is 336. The number of benzene rings is 1. The predicted molar refractivity (Wildman–Crippen MR) is 91.6 cm³/mol. The Hall–Kier alpha value is -0.683. The van der Waals surface area contributed by atoms with Crippen LogP contribution in [0.2, 0.25) is 6.04 Å². The fourth-order valence-electron chi connectivity index (χ4n) is 1.99. The van der Waals surface area contributed by atoms with Crippen LogP contribution in [0.5, 0.6) is 0 Å². The van der Waals surface area contributed by atoms with Gasteiger partial charge in [0.1, 0.15) is 0 Å². The average molecular weight is 313 g/mol. The van der Waals surface area contributed by atoms with E-state index in [1.807, 2.05) is 0 Å². The molecule has 0 bridgehead atoms. The van der Waals surface area contributed by atoms with Crippen LogP contribution >= 0.6 is 0 Å². The maximum absolute atomic E-state index is 5.31. The minimum absolute atomic E-state index is 0.927. The Balaban J connectivity index is 0.000000423. The maximum atomic E-state index is 5.31. The highest BCUT2D eigenvalue weighted by molar-refractivity contribution is 6.60. The normalized spacial score (nSPS) is 11.0. The standard InChI is InChI=1S/C9H22O3Si.C8H10/c1-5-6-7-8-9-13(10-2,11-3)12-4;1-7-5-3-4-6-8(7)2/h5-9H2,1-4H3;3-6H,1-2H3. The molecule has 21 heavy (non-hydrogen) atoms. The molecule has 0 fully saturated rings. The molecule has 0 spiro atoms. The van der Waals surface area contributed by atoms with E-state index in [0.717, 1.165) is 12.5 Å². The second-order valence-corrected chi connectivity index (χ2v) is 8.28. The van der Waals surface area contributed by atoms with Crippen molar-refractivity contribution in [2.24, 2.45) is 0 Å². The minimum Gasteiger partial charge on any atom is -0.377 e. The Labute approximate surface area is 132 Å². The van der Waals surface area contributed by atoms with Crippen LogP contribution in [0.25, 0.3) is 0 Å². The monoisotopic (exact) mass is 312 g/mol. The van der Waals surface area contributed by atoms with E-state index < -0.39 is 8.80 Å². The number of unbranched alkanes of at least 4 members (excludes halogenated alkanes) is 3. The van der Waals surface area contributed by atoms with Gasteiger partial charge in [0.2, 0.25) is 0 Å². The molecule has 0 aliphatic rings. The van der Waals surface area contributed by atoms with E-state index in [9.17, 15) is 0 Å². The third kappa shape index (κ3) is 8.36. The summed E-state index contributed by atoms with van der Waals surface area (Å²) < 4.78 is 15.9. The fourth-order valence-corrected chi connectivity index (χ4v) is 3.78. The summed E-state index contributed by atoms with van der Waals surface area (Å²) in [5, 5.41) is 0. The summed E-state index contributed by atoms with van der Waals surface area (Å²) in [6.45, 7) is 6.44. The summed E-state index contributed by atoms with van der Waals surface area (Å²) in [5.41, 5.74) is 2.74. The summed E-state index contributed by atoms with van der Waals surface area (Å²) >= 11 is 0. The van der Waals surface area contributed by atoms with E-state index in [1.165, 1.54) is 30.4 Å². The number of hydrogen-bond acceptors (Lipinski definition) is 3. The molecule has 3 nitrogen and oxygen atoms in total. The molecule has 122 valence electrons. The third-order valence-corrected chi connectivity index (χ3v) is 6.53. The van der Waals surface area contributed by atoms with Crippen molar-refractivity contribution in [3.05, 3.63) is 35.4 Å². The lowest BCUT2D eigenvalue weighted by molar-refractivity contribution is 0.122. The highest BCUT2D eigenvalue weighted by Gasteiger charge is 2.36. The Morgan fingerprint density at radius 2 is 1.29 bits per heavy atom. The van der Waals surface area contributed by atoms with Crippen LogP contribution in [-0.4, -0.2) is 30.1 Å². The van der Waals surface area contributed by atoms with Crippen LogP contribution in [0.4, 0.5) is 0 Å². The molecular formula is C17H32O3Si. The lowest BCUT2D eigenvalue weighted by Gasteiger charge is -2.24. The first-order chi connectivity index (χ1) is 10.0. The highest BCUT2D eigenvalue weighted by atomic mass is 28.4. The molecular weight excluding hydrogens is 280 g/mol. The van der Waals surface area contributed by atoms with Crippen molar-refractivity contribution in [1.82, 2.24) is 0 Å². The number of rotatable bonds is 8. The molecule has 0 radical (unpaired) electrons. The quantitative estimate of drug-likeness (QED) is 0.512. The van der Waals surface area contributed by atoms with Gasteiger partial charge in [-0.05, 0) is 31.4 Å². The molecule has 0 heterocycles. The van der Waals surface area contributed by atoms with Gasteiger partial charge in [0, 0.05) is 27.4 Å². The zero-order valence-electron chi connectivity index (χ0n) is 14.6. The van der Waals surface area contributed by atoms with Crippen molar-refractivity contribution < 1.29 is 13.3 Å². The van der Waals surface area contributed by atoms with Crippen LogP contribution in [0, 0.1) is 13.8 Å². The maximum Gasteiger partial charge on any atom is 0.500 e. The van der Waals surface area contributed by atoms with Crippen molar-refractivity contribution in [2.45, 2.75) is 52.5 Å². The van der Waals surface area contributed by atoms with Crippen molar-refractivity contribution in [2.75, 3.05) is 21.3 Å². The van der Waals surface area contributed by atoms with Gasteiger partial charge >= 0.3 is 8.80 Å². The largest absolute Gasteiger partial charge is 0.500 e. The van der Waals surface area contributed by atoms with Gasteiger partial charge in [0.05, 0.1) is 0 Å². The fraction of sp³-hybridized carbons (Fsp3) is 0.647. The molecule has 0 aromatic heterocycles. The molecule has 0 amide bonds. The Morgan fingerprint density at radius 1 is 0.810 bits per heavy atom. The molecule has 1 rings (SSSR count). The van der Waals surface area contributed by atoms with Crippen LogP contribution < -0.4 is 0 Å². The SMILES string of the molecule is CCCCCC[Si](OC)(OC)OC.Cc1ccccc1C. The molecule has 1 aromatic rings. The van der Waals surface area contributed by atoms with Gasteiger partial charge in [0.25, 0.3) is 0 Å². The second kappa shape index (κ2) is 11.9. The first-order valence-corrected chi connectivity index (χ1v) is 9.66. The predicted octanol–water partition coefficient (Wildman–Crippen LogP) is 4.75. The molecule has 0 unspecified atom stereocenters. The topological polar surface area (TPSA) is 27.7 Å². The minimum atomic E-state index is -2.27. The van der Waals surface area contributed by atoms with E-state index in [1.54, 1.807) is 21.3 Å². The van der Waals surface area contributed by atoms with Crippen molar-refractivity contribution in [3.63, 3.8) is 0 Å². The first kappa shape index (κ1) is 20.3. The molecule has 0 saturated heterocycles. The Morgan fingerprint density at radius 3 is 1.62 bits per heavy atom. The first-order valence-electron chi connectivity index (χ1n) is 7.73. The molecule has 0 N–H and O–H groups in total. The second-order valence-electron chi connectivity index (χ2n) is 5.19. The third-order valence-electron chi connectivity index (χ3n) is 3.70. The van der Waals surface area contributed by atoms with Gasteiger partial charge in [0.15, 0.2) is 0 Å². The van der Waals surface area contributed by atoms with E-state index >= 15 is 0 Å².